The van der Waals surface area contributed by atoms with Crippen LogP contribution in [0.2, 0.25) is 5.02 Å². The molecule has 24 heavy (non-hydrogen) atoms. The number of aliphatic carboxylic acids is 1. The molecule has 2 aromatic carbocycles. The Balaban J connectivity index is 2.04. The number of para-hydroxylation sites is 1. The molecule has 0 fully saturated rings. The molecule has 0 aliphatic carbocycles. The average molecular weight is 366 g/mol. The zero-order chi connectivity index (χ0) is 17.5. The number of halogens is 1. The van der Waals surface area contributed by atoms with Crippen LogP contribution in [0.1, 0.15) is 6.92 Å². The molecule has 0 radical (unpaired) electrons. The van der Waals surface area contributed by atoms with Crippen molar-refractivity contribution in [2.75, 3.05) is 20.1 Å². The van der Waals surface area contributed by atoms with Crippen molar-refractivity contribution in [2.24, 2.45) is 0 Å². The van der Waals surface area contributed by atoms with Gasteiger partial charge in [0, 0.05) is 16.5 Å². The van der Waals surface area contributed by atoms with Crippen LogP contribution in [0.25, 0.3) is 0 Å². The van der Waals surface area contributed by atoms with E-state index in [1.807, 2.05) is 55.5 Å². The van der Waals surface area contributed by atoms with E-state index in [1.54, 1.807) is 23.7 Å². The molecule has 1 N–H and O–H groups in total. The predicted molar refractivity (Wildman–Crippen MR) is 97.2 cm³/mol. The van der Waals surface area contributed by atoms with E-state index in [2.05, 4.69) is 0 Å². The third-order valence-electron chi connectivity index (χ3n) is 3.18. The van der Waals surface area contributed by atoms with E-state index >= 15 is 0 Å². The van der Waals surface area contributed by atoms with Crippen LogP contribution in [0.4, 0.5) is 0 Å². The van der Waals surface area contributed by atoms with Crippen LogP contribution in [0.15, 0.2) is 58.3 Å². The fraction of sp³-hybridized carbons (Fsp3) is 0.278. The number of carboxylic acids is 1. The lowest BCUT2D eigenvalue weighted by Gasteiger charge is -2.22. The van der Waals surface area contributed by atoms with E-state index in [-0.39, 0.29) is 12.6 Å². The number of ether oxygens (including phenoxy) is 1. The number of carbonyl (C=O) groups is 1. The topological polar surface area (TPSA) is 49.8 Å². The molecule has 4 nitrogen and oxygen atoms in total. The highest BCUT2D eigenvalue weighted by atomic mass is 35.5. The number of nitrogens with zero attached hydrogens (tertiary/aromatic N) is 1. The third-order valence-corrected chi connectivity index (χ3v) is 4.46. The number of carboxylic acid groups (broad SMARTS) is 1. The van der Waals surface area contributed by atoms with E-state index in [1.165, 1.54) is 0 Å². The SMILES string of the molecule is C[C@H](CN(C)CC(=O)O)Oc1ccccc1Sc1cccc(Cl)c1. The second-order valence-electron chi connectivity index (χ2n) is 5.53. The number of hydrogen-bond donors (Lipinski definition) is 1. The van der Waals surface area contributed by atoms with Gasteiger partial charge in [0.1, 0.15) is 11.9 Å². The summed E-state index contributed by atoms with van der Waals surface area (Å²) in [5.41, 5.74) is 0. The van der Waals surface area contributed by atoms with Crippen LogP contribution in [0.3, 0.4) is 0 Å². The molecular weight excluding hydrogens is 346 g/mol. The Morgan fingerprint density at radius 1 is 1.29 bits per heavy atom. The van der Waals surface area contributed by atoms with Crippen molar-refractivity contribution in [2.45, 2.75) is 22.8 Å². The maximum atomic E-state index is 10.7. The molecule has 0 unspecified atom stereocenters. The van der Waals surface area contributed by atoms with Crippen LogP contribution in [-0.2, 0) is 4.79 Å². The van der Waals surface area contributed by atoms with Crippen LogP contribution in [-0.4, -0.2) is 42.2 Å². The molecule has 0 aliphatic rings. The molecule has 0 saturated carbocycles. The van der Waals surface area contributed by atoms with Gasteiger partial charge in [-0.05, 0) is 44.3 Å². The van der Waals surface area contributed by atoms with Gasteiger partial charge in [-0.3, -0.25) is 9.69 Å². The normalized spacial score (nSPS) is 12.2. The minimum atomic E-state index is -0.846. The van der Waals surface area contributed by atoms with E-state index in [0.717, 1.165) is 15.5 Å². The quantitative estimate of drug-likeness (QED) is 0.756. The minimum Gasteiger partial charge on any atom is -0.488 e. The van der Waals surface area contributed by atoms with Crippen molar-refractivity contribution in [3.63, 3.8) is 0 Å². The number of hydrogen-bond acceptors (Lipinski definition) is 4. The monoisotopic (exact) mass is 365 g/mol. The summed E-state index contributed by atoms with van der Waals surface area (Å²) in [6.45, 7) is 2.45. The number of rotatable bonds is 8. The first kappa shape index (κ1) is 18.6. The highest BCUT2D eigenvalue weighted by Gasteiger charge is 2.13. The molecule has 0 aliphatic heterocycles. The average Bonchev–Trinajstić information content (AvgIpc) is 2.48. The fourth-order valence-corrected chi connectivity index (χ4v) is 3.48. The van der Waals surface area contributed by atoms with Gasteiger partial charge < -0.3 is 9.84 Å². The molecule has 1 atom stereocenters. The standard InChI is InChI=1S/C18H20ClNO3S/c1-13(11-20(2)12-18(21)22)23-16-8-3-4-9-17(16)24-15-7-5-6-14(19)10-15/h3-10,13H,11-12H2,1-2H3,(H,21,22)/t13-/m1/s1. The Bertz CT molecular complexity index is 695. The molecule has 0 saturated heterocycles. The lowest BCUT2D eigenvalue weighted by Crippen LogP contribution is -2.34. The second-order valence-corrected chi connectivity index (χ2v) is 7.08. The summed E-state index contributed by atoms with van der Waals surface area (Å²) in [6, 6.07) is 15.5. The molecule has 2 rings (SSSR count). The van der Waals surface area contributed by atoms with Crippen LogP contribution in [0, 0.1) is 0 Å². The lowest BCUT2D eigenvalue weighted by atomic mass is 10.3. The molecule has 0 bridgehead atoms. The summed E-state index contributed by atoms with van der Waals surface area (Å²) in [4.78, 5) is 14.5. The number of benzene rings is 2. The van der Waals surface area contributed by atoms with Gasteiger partial charge in [0.25, 0.3) is 0 Å². The highest BCUT2D eigenvalue weighted by Crippen LogP contribution is 2.36. The molecule has 128 valence electrons. The smallest absolute Gasteiger partial charge is 0.317 e. The van der Waals surface area contributed by atoms with Crippen LogP contribution < -0.4 is 4.74 Å². The Morgan fingerprint density at radius 2 is 2.04 bits per heavy atom. The van der Waals surface area contributed by atoms with Crippen LogP contribution >= 0.6 is 23.4 Å². The van der Waals surface area contributed by atoms with E-state index in [9.17, 15) is 4.79 Å². The first-order valence-corrected chi connectivity index (χ1v) is 8.73. The summed E-state index contributed by atoms with van der Waals surface area (Å²) in [7, 11) is 1.76. The molecule has 6 heteroatoms. The van der Waals surface area contributed by atoms with Crippen molar-refractivity contribution in [3.8, 4) is 5.75 Å². The molecule has 0 amide bonds. The molecule has 0 aromatic heterocycles. The van der Waals surface area contributed by atoms with E-state index < -0.39 is 5.97 Å². The summed E-state index contributed by atoms with van der Waals surface area (Å²) in [5, 5.41) is 9.52. The highest BCUT2D eigenvalue weighted by molar-refractivity contribution is 7.99. The summed E-state index contributed by atoms with van der Waals surface area (Å²) in [5.74, 6) is -0.0692. The Hall–Kier alpha value is -1.69. The largest absolute Gasteiger partial charge is 0.488 e. The van der Waals surface area contributed by atoms with Crippen LogP contribution in [0.5, 0.6) is 5.75 Å². The summed E-state index contributed by atoms with van der Waals surface area (Å²) in [6.07, 6.45) is -0.129. The minimum absolute atomic E-state index is 0.00733. The first-order chi connectivity index (χ1) is 11.4. The van der Waals surface area contributed by atoms with Crippen molar-refractivity contribution >= 4 is 29.3 Å². The van der Waals surface area contributed by atoms with E-state index in [4.69, 9.17) is 21.4 Å². The molecular formula is C18H20ClNO3S. The van der Waals surface area contributed by atoms with Gasteiger partial charge in [-0.1, -0.05) is 41.6 Å². The second kappa shape index (κ2) is 8.97. The zero-order valence-electron chi connectivity index (χ0n) is 13.6. The summed E-state index contributed by atoms with van der Waals surface area (Å²) < 4.78 is 6.01. The Kier molecular flexibility index (Phi) is 6.97. The van der Waals surface area contributed by atoms with Crippen molar-refractivity contribution in [3.05, 3.63) is 53.6 Å². The van der Waals surface area contributed by atoms with Crippen molar-refractivity contribution in [1.82, 2.24) is 4.90 Å². The van der Waals surface area contributed by atoms with Gasteiger partial charge in [-0.25, -0.2) is 0 Å². The van der Waals surface area contributed by atoms with Crippen molar-refractivity contribution in [1.29, 1.82) is 0 Å². The van der Waals surface area contributed by atoms with Gasteiger partial charge in [-0.15, -0.1) is 0 Å². The molecule has 2 aromatic rings. The van der Waals surface area contributed by atoms with E-state index in [0.29, 0.717) is 11.6 Å². The Morgan fingerprint density at radius 3 is 2.75 bits per heavy atom. The van der Waals surface area contributed by atoms with Gasteiger partial charge in [0.2, 0.25) is 0 Å². The predicted octanol–water partition coefficient (Wildman–Crippen LogP) is 4.27. The maximum Gasteiger partial charge on any atom is 0.317 e. The zero-order valence-corrected chi connectivity index (χ0v) is 15.2. The lowest BCUT2D eigenvalue weighted by molar-refractivity contribution is -0.138. The number of likely N-dealkylation sites (N-methyl/N-ethyl adjacent to an activating group) is 1. The fourth-order valence-electron chi connectivity index (χ4n) is 2.28. The Labute approximate surface area is 151 Å². The molecule has 0 heterocycles. The molecule has 0 spiro atoms. The van der Waals surface area contributed by atoms with Gasteiger partial charge in [0.15, 0.2) is 0 Å². The summed E-state index contributed by atoms with van der Waals surface area (Å²) >= 11 is 7.62. The van der Waals surface area contributed by atoms with Gasteiger partial charge in [0.05, 0.1) is 11.4 Å². The van der Waals surface area contributed by atoms with Gasteiger partial charge in [-0.2, -0.15) is 0 Å². The third kappa shape index (κ3) is 6.07. The van der Waals surface area contributed by atoms with Gasteiger partial charge >= 0.3 is 5.97 Å². The van der Waals surface area contributed by atoms with Crippen molar-refractivity contribution < 1.29 is 14.6 Å². The first-order valence-electron chi connectivity index (χ1n) is 7.53. The maximum absolute atomic E-state index is 10.7.